The van der Waals surface area contributed by atoms with Crippen LogP contribution in [0, 0.1) is 5.92 Å². The first-order valence-electron chi connectivity index (χ1n) is 6.49. The number of esters is 1. The zero-order chi connectivity index (χ0) is 13.8. The zero-order valence-corrected chi connectivity index (χ0v) is 12.8. The minimum absolute atomic E-state index is 0.149. The van der Waals surface area contributed by atoms with Gasteiger partial charge in [0, 0.05) is 22.6 Å². The van der Waals surface area contributed by atoms with E-state index >= 15 is 0 Å². The Morgan fingerprint density at radius 1 is 1.42 bits per heavy atom. The molecule has 1 aliphatic rings. The first-order chi connectivity index (χ1) is 9.13. The summed E-state index contributed by atoms with van der Waals surface area (Å²) in [5, 5.41) is 0. The highest BCUT2D eigenvalue weighted by Gasteiger charge is 2.33. The van der Waals surface area contributed by atoms with Crippen LogP contribution in [0.4, 0.5) is 5.69 Å². The molecule has 1 heterocycles. The fraction of sp³-hybridized carbons (Fsp3) is 0.400. The summed E-state index contributed by atoms with van der Waals surface area (Å²) >= 11 is 3.43. The largest absolute Gasteiger partial charge is 0.464 e. The molecule has 0 aliphatic carbocycles. The molecule has 0 aromatic heterocycles. The van der Waals surface area contributed by atoms with Crippen LogP contribution >= 0.6 is 15.9 Å². The number of benzene rings is 1. The van der Waals surface area contributed by atoms with E-state index in [1.165, 1.54) is 0 Å². The molecule has 2 atom stereocenters. The third kappa shape index (κ3) is 3.18. The summed E-state index contributed by atoms with van der Waals surface area (Å²) in [5.74, 6) is -0.00119. The van der Waals surface area contributed by atoms with Crippen molar-refractivity contribution in [2.45, 2.75) is 19.9 Å². The standard InChI is InChI=1S/C15H18BrNO2/c1-3-19-15(18)14-11(2)5-4-10-17(14)13-8-6-12(16)7-9-13/h4-9,11,14H,3,10H2,1-2H3/t11-,14+/m0/s1. The number of carbonyl (C=O) groups excluding carboxylic acids is 1. The molecule has 0 unspecified atom stereocenters. The molecule has 1 aliphatic heterocycles. The van der Waals surface area contributed by atoms with Crippen molar-refractivity contribution in [2.75, 3.05) is 18.1 Å². The van der Waals surface area contributed by atoms with Crippen LogP contribution in [0.5, 0.6) is 0 Å². The monoisotopic (exact) mass is 323 g/mol. The highest BCUT2D eigenvalue weighted by atomic mass is 79.9. The second-order valence-electron chi connectivity index (χ2n) is 4.61. The van der Waals surface area contributed by atoms with Gasteiger partial charge in [-0.05, 0) is 31.2 Å². The van der Waals surface area contributed by atoms with Gasteiger partial charge in [-0.3, -0.25) is 0 Å². The lowest BCUT2D eigenvalue weighted by Gasteiger charge is -2.36. The topological polar surface area (TPSA) is 29.5 Å². The fourth-order valence-electron chi connectivity index (χ4n) is 2.36. The van der Waals surface area contributed by atoms with Gasteiger partial charge in [-0.25, -0.2) is 4.79 Å². The number of rotatable bonds is 3. The van der Waals surface area contributed by atoms with Crippen LogP contribution in [0.25, 0.3) is 0 Å². The van der Waals surface area contributed by atoms with E-state index < -0.39 is 0 Å². The number of ether oxygens (including phenoxy) is 1. The van der Waals surface area contributed by atoms with E-state index in [2.05, 4.69) is 33.0 Å². The maximum absolute atomic E-state index is 12.2. The van der Waals surface area contributed by atoms with Crippen LogP contribution in [0.15, 0.2) is 40.9 Å². The second kappa shape index (κ2) is 6.24. The maximum atomic E-state index is 12.2. The third-order valence-corrected chi connectivity index (χ3v) is 3.79. The molecule has 0 amide bonds. The van der Waals surface area contributed by atoms with Crippen molar-refractivity contribution >= 4 is 27.6 Å². The summed E-state index contributed by atoms with van der Waals surface area (Å²) < 4.78 is 6.24. The van der Waals surface area contributed by atoms with Crippen LogP contribution in [-0.2, 0) is 9.53 Å². The quantitative estimate of drug-likeness (QED) is 0.630. The van der Waals surface area contributed by atoms with Crippen LogP contribution in [0.1, 0.15) is 13.8 Å². The minimum atomic E-state index is -0.244. The van der Waals surface area contributed by atoms with Crippen LogP contribution in [0.3, 0.4) is 0 Å². The van der Waals surface area contributed by atoms with Crippen molar-refractivity contribution in [3.63, 3.8) is 0 Å². The molecule has 102 valence electrons. The molecule has 4 heteroatoms. The Balaban J connectivity index is 2.28. The van der Waals surface area contributed by atoms with E-state index in [-0.39, 0.29) is 17.9 Å². The van der Waals surface area contributed by atoms with Crippen molar-refractivity contribution in [1.82, 2.24) is 0 Å². The summed E-state index contributed by atoms with van der Waals surface area (Å²) in [5.41, 5.74) is 1.04. The van der Waals surface area contributed by atoms with Crippen LogP contribution in [0.2, 0.25) is 0 Å². The summed E-state index contributed by atoms with van der Waals surface area (Å²) in [7, 11) is 0. The second-order valence-corrected chi connectivity index (χ2v) is 5.53. The van der Waals surface area contributed by atoms with E-state index in [9.17, 15) is 4.79 Å². The fourth-order valence-corrected chi connectivity index (χ4v) is 2.62. The molecule has 19 heavy (non-hydrogen) atoms. The van der Waals surface area contributed by atoms with Gasteiger partial charge < -0.3 is 9.64 Å². The van der Waals surface area contributed by atoms with Gasteiger partial charge in [-0.15, -0.1) is 0 Å². The van der Waals surface area contributed by atoms with E-state index in [0.717, 1.165) is 16.7 Å². The predicted molar refractivity (Wildman–Crippen MR) is 80.2 cm³/mol. The maximum Gasteiger partial charge on any atom is 0.329 e. The van der Waals surface area contributed by atoms with Crippen molar-refractivity contribution < 1.29 is 9.53 Å². The van der Waals surface area contributed by atoms with Gasteiger partial charge in [0.05, 0.1) is 6.61 Å². The molecule has 0 fully saturated rings. The zero-order valence-electron chi connectivity index (χ0n) is 11.2. The smallest absolute Gasteiger partial charge is 0.329 e. The number of halogens is 1. The first-order valence-corrected chi connectivity index (χ1v) is 7.28. The average Bonchev–Trinajstić information content (AvgIpc) is 2.39. The number of carbonyl (C=O) groups is 1. The Bertz CT molecular complexity index is 470. The number of anilines is 1. The van der Waals surface area contributed by atoms with Gasteiger partial charge >= 0.3 is 5.97 Å². The Kier molecular flexibility index (Phi) is 4.64. The number of nitrogens with zero attached hydrogens (tertiary/aromatic N) is 1. The number of hydrogen-bond acceptors (Lipinski definition) is 3. The third-order valence-electron chi connectivity index (χ3n) is 3.26. The summed E-state index contributed by atoms with van der Waals surface area (Å²) in [4.78, 5) is 14.2. The average molecular weight is 324 g/mol. The molecule has 0 radical (unpaired) electrons. The highest BCUT2D eigenvalue weighted by molar-refractivity contribution is 9.10. The Morgan fingerprint density at radius 3 is 2.74 bits per heavy atom. The Morgan fingerprint density at radius 2 is 2.11 bits per heavy atom. The molecule has 0 saturated heterocycles. The SMILES string of the molecule is CCOC(=O)[C@H]1[C@@H](C)C=CCN1c1ccc(Br)cc1. The highest BCUT2D eigenvalue weighted by Crippen LogP contribution is 2.27. The molecule has 3 nitrogen and oxygen atoms in total. The molecule has 0 bridgehead atoms. The molecule has 0 N–H and O–H groups in total. The minimum Gasteiger partial charge on any atom is -0.464 e. The first kappa shape index (κ1) is 14.1. The molecule has 0 spiro atoms. The van der Waals surface area contributed by atoms with Gasteiger partial charge in [0.25, 0.3) is 0 Å². The van der Waals surface area contributed by atoms with E-state index in [4.69, 9.17) is 4.74 Å². The lowest BCUT2D eigenvalue weighted by molar-refractivity contribution is -0.145. The Labute approximate surface area is 122 Å². The molecular weight excluding hydrogens is 306 g/mol. The van der Waals surface area contributed by atoms with E-state index in [1.807, 2.05) is 38.1 Å². The van der Waals surface area contributed by atoms with Crippen molar-refractivity contribution in [3.8, 4) is 0 Å². The van der Waals surface area contributed by atoms with Crippen LogP contribution < -0.4 is 4.90 Å². The van der Waals surface area contributed by atoms with Gasteiger partial charge in [0.1, 0.15) is 6.04 Å². The predicted octanol–water partition coefficient (Wildman–Crippen LogP) is 3.39. The lowest BCUT2D eigenvalue weighted by Crippen LogP contribution is -2.48. The van der Waals surface area contributed by atoms with Gasteiger partial charge in [-0.1, -0.05) is 35.0 Å². The normalized spacial score (nSPS) is 22.4. The molecule has 1 aromatic rings. The van der Waals surface area contributed by atoms with Crippen molar-refractivity contribution in [2.24, 2.45) is 5.92 Å². The molecule has 0 saturated carbocycles. The van der Waals surface area contributed by atoms with Gasteiger partial charge in [0.2, 0.25) is 0 Å². The molecular formula is C15H18BrNO2. The number of hydrogen-bond donors (Lipinski definition) is 0. The lowest BCUT2D eigenvalue weighted by atomic mass is 9.95. The summed E-state index contributed by atoms with van der Waals surface area (Å²) in [6, 6.07) is 7.76. The molecule has 1 aromatic carbocycles. The molecule has 2 rings (SSSR count). The van der Waals surface area contributed by atoms with Crippen LogP contribution in [-0.4, -0.2) is 25.2 Å². The van der Waals surface area contributed by atoms with E-state index in [0.29, 0.717) is 6.61 Å². The summed E-state index contributed by atoms with van der Waals surface area (Å²) in [6.07, 6.45) is 4.18. The van der Waals surface area contributed by atoms with E-state index in [1.54, 1.807) is 0 Å². The van der Waals surface area contributed by atoms with Crippen molar-refractivity contribution in [3.05, 3.63) is 40.9 Å². The Hall–Kier alpha value is -1.29. The summed E-state index contributed by atoms with van der Waals surface area (Å²) in [6.45, 7) is 5.03. The van der Waals surface area contributed by atoms with Gasteiger partial charge in [0.15, 0.2) is 0 Å². The van der Waals surface area contributed by atoms with Gasteiger partial charge in [-0.2, -0.15) is 0 Å². The van der Waals surface area contributed by atoms with Crippen molar-refractivity contribution in [1.29, 1.82) is 0 Å².